The highest BCUT2D eigenvalue weighted by Crippen LogP contribution is 2.35. The SMILES string of the molecule is Cc1cc(C)c2c(c1)[C@H](NCc1ccc(N3CCCC3)nc1)CCO2. The fourth-order valence-corrected chi connectivity index (χ4v) is 3.99. The molecule has 4 heteroatoms. The first-order valence-corrected chi connectivity index (χ1v) is 9.38. The maximum atomic E-state index is 5.91. The Hall–Kier alpha value is -2.07. The Bertz CT molecular complexity index is 736. The number of ether oxygens (including phenoxy) is 1. The number of benzene rings is 1. The summed E-state index contributed by atoms with van der Waals surface area (Å²) in [6, 6.07) is 9.17. The summed E-state index contributed by atoms with van der Waals surface area (Å²) in [7, 11) is 0. The molecule has 3 heterocycles. The number of fused-ring (bicyclic) bond motifs is 1. The van der Waals surface area contributed by atoms with Crippen molar-refractivity contribution in [3.63, 3.8) is 0 Å². The Labute approximate surface area is 150 Å². The number of anilines is 1. The maximum Gasteiger partial charge on any atom is 0.128 e. The van der Waals surface area contributed by atoms with Crippen molar-refractivity contribution in [1.82, 2.24) is 10.3 Å². The van der Waals surface area contributed by atoms with Crippen molar-refractivity contribution in [2.24, 2.45) is 0 Å². The summed E-state index contributed by atoms with van der Waals surface area (Å²) in [6.45, 7) is 8.19. The molecule has 2 aromatic rings. The summed E-state index contributed by atoms with van der Waals surface area (Å²) in [6.07, 6.45) is 5.59. The molecule has 1 fully saturated rings. The van der Waals surface area contributed by atoms with Gasteiger partial charge in [-0.2, -0.15) is 0 Å². The summed E-state index contributed by atoms with van der Waals surface area (Å²) in [4.78, 5) is 7.03. The number of nitrogens with one attached hydrogen (secondary N) is 1. The van der Waals surface area contributed by atoms with Crippen LogP contribution >= 0.6 is 0 Å². The first-order valence-electron chi connectivity index (χ1n) is 9.38. The van der Waals surface area contributed by atoms with Gasteiger partial charge in [-0.25, -0.2) is 4.98 Å². The number of pyridine rings is 1. The lowest BCUT2D eigenvalue weighted by Gasteiger charge is -2.28. The normalized spacial score (nSPS) is 19.6. The number of hydrogen-bond donors (Lipinski definition) is 1. The fourth-order valence-electron chi connectivity index (χ4n) is 3.99. The van der Waals surface area contributed by atoms with Gasteiger partial charge in [0.15, 0.2) is 0 Å². The van der Waals surface area contributed by atoms with Crippen LogP contribution in [0.15, 0.2) is 30.5 Å². The van der Waals surface area contributed by atoms with Crippen LogP contribution in [-0.4, -0.2) is 24.7 Å². The Morgan fingerprint density at radius 1 is 1.20 bits per heavy atom. The van der Waals surface area contributed by atoms with E-state index >= 15 is 0 Å². The van der Waals surface area contributed by atoms with Crippen molar-refractivity contribution in [2.45, 2.75) is 45.7 Å². The van der Waals surface area contributed by atoms with Gasteiger partial charge in [0.1, 0.15) is 11.6 Å². The molecule has 1 saturated heterocycles. The number of hydrogen-bond acceptors (Lipinski definition) is 4. The molecule has 4 nitrogen and oxygen atoms in total. The molecule has 1 atom stereocenters. The van der Waals surface area contributed by atoms with Crippen LogP contribution in [-0.2, 0) is 6.54 Å². The fraction of sp³-hybridized carbons (Fsp3) is 0.476. The van der Waals surface area contributed by atoms with E-state index < -0.39 is 0 Å². The summed E-state index contributed by atoms with van der Waals surface area (Å²) in [5.74, 6) is 2.18. The molecule has 1 aromatic heterocycles. The first kappa shape index (κ1) is 16.4. The number of nitrogens with zero attached hydrogens (tertiary/aromatic N) is 2. The molecular formula is C21H27N3O. The molecule has 132 valence electrons. The quantitative estimate of drug-likeness (QED) is 0.918. The summed E-state index contributed by atoms with van der Waals surface area (Å²) in [5, 5.41) is 3.70. The van der Waals surface area contributed by atoms with Gasteiger partial charge in [-0.05, 0) is 43.9 Å². The van der Waals surface area contributed by atoms with Gasteiger partial charge in [-0.15, -0.1) is 0 Å². The minimum Gasteiger partial charge on any atom is -0.493 e. The Balaban J connectivity index is 1.44. The molecule has 2 aliphatic heterocycles. The van der Waals surface area contributed by atoms with E-state index in [0.29, 0.717) is 6.04 Å². The van der Waals surface area contributed by atoms with Crippen LogP contribution in [0, 0.1) is 13.8 Å². The van der Waals surface area contributed by atoms with Crippen molar-refractivity contribution < 1.29 is 4.74 Å². The van der Waals surface area contributed by atoms with Gasteiger partial charge in [-0.3, -0.25) is 0 Å². The lowest BCUT2D eigenvalue weighted by Crippen LogP contribution is -2.27. The number of rotatable bonds is 4. The molecule has 1 N–H and O–H groups in total. The van der Waals surface area contributed by atoms with Gasteiger partial charge in [0.2, 0.25) is 0 Å². The lowest BCUT2D eigenvalue weighted by atomic mass is 9.95. The molecule has 1 aromatic carbocycles. The maximum absolute atomic E-state index is 5.91. The minimum absolute atomic E-state index is 0.348. The predicted molar refractivity (Wildman–Crippen MR) is 101 cm³/mol. The monoisotopic (exact) mass is 337 g/mol. The third kappa shape index (κ3) is 3.49. The smallest absolute Gasteiger partial charge is 0.128 e. The molecule has 0 saturated carbocycles. The molecule has 4 rings (SSSR count). The molecule has 0 amide bonds. The summed E-state index contributed by atoms with van der Waals surface area (Å²) in [5.41, 5.74) is 5.06. The van der Waals surface area contributed by atoms with Crippen molar-refractivity contribution in [1.29, 1.82) is 0 Å². The van der Waals surface area contributed by atoms with E-state index in [4.69, 9.17) is 4.74 Å². The topological polar surface area (TPSA) is 37.4 Å². The van der Waals surface area contributed by atoms with Crippen LogP contribution in [0.3, 0.4) is 0 Å². The van der Waals surface area contributed by atoms with E-state index in [0.717, 1.165) is 44.2 Å². The molecule has 0 radical (unpaired) electrons. The van der Waals surface area contributed by atoms with E-state index in [2.05, 4.69) is 53.3 Å². The minimum atomic E-state index is 0.348. The van der Waals surface area contributed by atoms with E-state index in [-0.39, 0.29) is 0 Å². The predicted octanol–water partition coefficient (Wildman–Crippen LogP) is 3.91. The van der Waals surface area contributed by atoms with Gasteiger partial charge >= 0.3 is 0 Å². The van der Waals surface area contributed by atoms with Crippen LogP contribution in [0.4, 0.5) is 5.82 Å². The van der Waals surface area contributed by atoms with Crippen LogP contribution in [0.5, 0.6) is 5.75 Å². The molecule has 0 unspecified atom stereocenters. The van der Waals surface area contributed by atoms with Gasteiger partial charge in [0, 0.05) is 43.9 Å². The second-order valence-corrected chi connectivity index (χ2v) is 7.29. The Morgan fingerprint density at radius 2 is 2.04 bits per heavy atom. The van der Waals surface area contributed by atoms with Crippen LogP contribution in [0.25, 0.3) is 0 Å². The highest BCUT2D eigenvalue weighted by Gasteiger charge is 2.23. The zero-order valence-electron chi connectivity index (χ0n) is 15.2. The average molecular weight is 337 g/mol. The third-order valence-electron chi connectivity index (χ3n) is 5.27. The van der Waals surface area contributed by atoms with Gasteiger partial charge in [0.05, 0.1) is 6.61 Å². The first-order chi connectivity index (χ1) is 12.2. The van der Waals surface area contributed by atoms with Crippen molar-refractivity contribution in [3.8, 4) is 5.75 Å². The second-order valence-electron chi connectivity index (χ2n) is 7.29. The van der Waals surface area contributed by atoms with Crippen molar-refractivity contribution in [2.75, 3.05) is 24.6 Å². The molecule has 0 bridgehead atoms. The standard InChI is InChI=1S/C21H27N3O/c1-15-11-16(2)21-18(12-15)19(7-10-25-21)22-13-17-5-6-20(23-14-17)24-8-3-4-9-24/h5-6,11-12,14,19,22H,3-4,7-10,13H2,1-2H3/t19-/m1/s1. The van der Waals surface area contributed by atoms with Gasteiger partial charge < -0.3 is 15.0 Å². The van der Waals surface area contributed by atoms with E-state index in [1.165, 1.54) is 35.1 Å². The Kier molecular flexibility index (Phi) is 4.62. The second kappa shape index (κ2) is 7.04. The number of aromatic nitrogens is 1. The highest BCUT2D eigenvalue weighted by molar-refractivity contribution is 5.46. The molecule has 2 aliphatic rings. The van der Waals surface area contributed by atoms with Gasteiger partial charge in [-0.1, -0.05) is 23.8 Å². The van der Waals surface area contributed by atoms with Crippen LogP contribution < -0.4 is 15.0 Å². The summed E-state index contributed by atoms with van der Waals surface area (Å²) < 4.78 is 5.91. The molecule has 25 heavy (non-hydrogen) atoms. The van der Waals surface area contributed by atoms with E-state index in [1.54, 1.807) is 0 Å². The number of aryl methyl sites for hydroxylation is 2. The van der Waals surface area contributed by atoms with Crippen molar-refractivity contribution in [3.05, 3.63) is 52.7 Å². The van der Waals surface area contributed by atoms with E-state index in [9.17, 15) is 0 Å². The Morgan fingerprint density at radius 3 is 2.80 bits per heavy atom. The van der Waals surface area contributed by atoms with Crippen molar-refractivity contribution >= 4 is 5.82 Å². The van der Waals surface area contributed by atoms with E-state index in [1.807, 2.05) is 6.20 Å². The van der Waals surface area contributed by atoms with Gasteiger partial charge in [0.25, 0.3) is 0 Å². The summed E-state index contributed by atoms with van der Waals surface area (Å²) >= 11 is 0. The molecule has 0 aliphatic carbocycles. The zero-order chi connectivity index (χ0) is 17.2. The average Bonchev–Trinajstić information content (AvgIpc) is 3.15. The van der Waals surface area contributed by atoms with Crippen LogP contribution in [0.2, 0.25) is 0 Å². The highest BCUT2D eigenvalue weighted by atomic mass is 16.5. The van der Waals surface area contributed by atoms with Crippen LogP contribution in [0.1, 0.15) is 47.6 Å². The largest absolute Gasteiger partial charge is 0.493 e. The molecule has 0 spiro atoms. The molecular weight excluding hydrogens is 310 g/mol. The third-order valence-corrected chi connectivity index (χ3v) is 5.27. The lowest BCUT2D eigenvalue weighted by molar-refractivity contribution is 0.250. The zero-order valence-corrected chi connectivity index (χ0v) is 15.2.